The number of hydrogen-bond acceptors (Lipinski definition) is 6. The molecule has 1 fully saturated rings. The Labute approximate surface area is 193 Å². The molecule has 0 saturated carbocycles. The third-order valence-corrected chi connectivity index (χ3v) is 6.16. The zero-order valence-electron chi connectivity index (χ0n) is 17.7. The van der Waals surface area contributed by atoms with Gasteiger partial charge in [0, 0.05) is 0 Å². The van der Waals surface area contributed by atoms with Crippen LogP contribution in [0.25, 0.3) is 5.69 Å². The molecule has 4 amide bonds. The zero-order chi connectivity index (χ0) is 23.4. The van der Waals surface area contributed by atoms with Crippen LogP contribution < -0.4 is 10.7 Å². The summed E-state index contributed by atoms with van der Waals surface area (Å²) in [6, 6.07) is 15.0. The molecule has 9 nitrogen and oxygen atoms in total. The minimum atomic E-state index is -1.13. The lowest BCUT2D eigenvalue weighted by Gasteiger charge is -2.21. The van der Waals surface area contributed by atoms with E-state index in [1.807, 2.05) is 30.3 Å². The molecule has 2 N–H and O–H groups in total. The van der Waals surface area contributed by atoms with E-state index in [1.165, 1.54) is 17.0 Å². The second-order valence-corrected chi connectivity index (χ2v) is 8.59. The van der Waals surface area contributed by atoms with Crippen molar-refractivity contribution in [2.45, 2.75) is 30.5 Å². The van der Waals surface area contributed by atoms with Gasteiger partial charge in [-0.25, -0.2) is 9.18 Å². The maximum absolute atomic E-state index is 14.1. The Bertz CT molecular complexity index is 1190. The van der Waals surface area contributed by atoms with Crippen LogP contribution in [0.3, 0.4) is 0 Å². The number of carbonyl (C=O) groups excluding carboxylic acids is 3. The first-order valence-corrected chi connectivity index (χ1v) is 11.1. The zero-order valence-corrected chi connectivity index (χ0v) is 18.5. The number of aryl methyl sites for hydroxylation is 1. The predicted molar refractivity (Wildman–Crippen MR) is 119 cm³/mol. The number of aromatic nitrogens is 3. The molecule has 1 aromatic heterocycles. The molecule has 4 rings (SSSR count). The van der Waals surface area contributed by atoms with E-state index >= 15 is 0 Å². The number of urea groups is 1. The van der Waals surface area contributed by atoms with Gasteiger partial charge < -0.3 is 5.32 Å². The number of thioether (sulfide) groups is 1. The van der Waals surface area contributed by atoms with Gasteiger partial charge >= 0.3 is 6.03 Å². The third-order valence-electron chi connectivity index (χ3n) is 5.21. The predicted octanol–water partition coefficient (Wildman–Crippen LogP) is 2.47. The van der Waals surface area contributed by atoms with Crippen molar-refractivity contribution < 1.29 is 18.8 Å². The first-order chi connectivity index (χ1) is 15.9. The van der Waals surface area contributed by atoms with E-state index < -0.39 is 29.2 Å². The summed E-state index contributed by atoms with van der Waals surface area (Å²) >= 11 is 1.000. The number of nitrogens with zero attached hydrogens (tertiary/aromatic N) is 4. The number of nitrogens with one attached hydrogen (secondary N) is 2. The molecular weight excluding hydrogens is 447 g/mol. The van der Waals surface area contributed by atoms with Gasteiger partial charge in [0.1, 0.15) is 17.7 Å². The molecule has 1 atom stereocenters. The number of halogens is 1. The van der Waals surface area contributed by atoms with Crippen molar-refractivity contribution in [1.29, 1.82) is 0 Å². The second kappa shape index (κ2) is 9.41. The highest BCUT2D eigenvalue weighted by atomic mass is 32.2. The average molecular weight is 469 g/mol. The molecule has 0 radical (unpaired) electrons. The quantitative estimate of drug-likeness (QED) is 0.388. The number of amides is 4. The smallest absolute Gasteiger partial charge is 0.322 e. The maximum Gasteiger partial charge on any atom is 0.344 e. The van der Waals surface area contributed by atoms with E-state index in [2.05, 4.69) is 20.9 Å². The first kappa shape index (κ1) is 22.5. The van der Waals surface area contributed by atoms with E-state index in [0.29, 0.717) is 23.0 Å². The van der Waals surface area contributed by atoms with Crippen LogP contribution in [-0.2, 0) is 16.0 Å². The van der Waals surface area contributed by atoms with Crippen molar-refractivity contribution in [3.8, 4) is 5.69 Å². The van der Waals surface area contributed by atoms with E-state index in [9.17, 15) is 18.8 Å². The van der Waals surface area contributed by atoms with Crippen LogP contribution in [0.15, 0.2) is 66.1 Å². The highest BCUT2D eigenvalue weighted by Crippen LogP contribution is 2.23. The fraction of sp³-hybridized carbons (Fsp3) is 0.227. The average Bonchev–Trinajstić information content (AvgIpc) is 3.36. The summed E-state index contributed by atoms with van der Waals surface area (Å²) in [5.74, 6) is -1.74. The fourth-order valence-electron chi connectivity index (χ4n) is 3.42. The fourth-order valence-corrected chi connectivity index (χ4v) is 4.13. The summed E-state index contributed by atoms with van der Waals surface area (Å²) in [5, 5.41) is 11.3. The summed E-state index contributed by atoms with van der Waals surface area (Å²) in [5.41, 5.74) is 2.50. The van der Waals surface area contributed by atoms with Gasteiger partial charge in [0.2, 0.25) is 5.91 Å². The molecule has 11 heteroatoms. The van der Waals surface area contributed by atoms with Crippen molar-refractivity contribution in [1.82, 2.24) is 30.5 Å². The number of imide groups is 1. The topological polar surface area (TPSA) is 109 Å². The van der Waals surface area contributed by atoms with Crippen molar-refractivity contribution in [3.05, 3.63) is 72.3 Å². The normalized spacial score (nSPS) is 17.8. The third kappa shape index (κ3) is 4.87. The molecule has 1 aliphatic rings. The molecule has 3 aromatic rings. The minimum absolute atomic E-state index is 0.162. The lowest BCUT2D eigenvalue weighted by molar-refractivity contribution is -0.138. The van der Waals surface area contributed by atoms with Crippen LogP contribution in [0.1, 0.15) is 18.9 Å². The van der Waals surface area contributed by atoms with E-state index in [-0.39, 0.29) is 11.4 Å². The van der Waals surface area contributed by atoms with Crippen LogP contribution in [0, 0.1) is 5.82 Å². The Hall–Kier alpha value is -3.73. The SMILES string of the molecule is C[C@@]1(CCc2ccccc2)NC(=O)N(NC(=O)CSc2nncn2-c2ccccc2F)C1=O. The van der Waals surface area contributed by atoms with Crippen molar-refractivity contribution >= 4 is 29.6 Å². The van der Waals surface area contributed by atoms with Crippen LogP contribution in [0.5, 0.6) is 0 Å². The van der Waals surface area contributed by atoms with Gasteiger partial charge in [-0.1, -0.05) is 54.2 Å². The van der Waals surface area contributed by atoms with Gasteiger partial charge in [-0.05, 0) is 37.5 Å². The largest absolute Gasteiger partial charge is 0.344 e. The first-order valence-electron chi connectivity index (χ1n) is 10.2. The summed E-state index contributed by atoms with van der Waals surface area (Å²) in [6.07, 6.45) is 2.31. The molecule has 0 spiro atoms. The lowest BCUT2D eigenvalue weighted by Crippen LogP contribution is -2.49. The molecule has 170 valence electrons. The molecule has 0 aliphatic carbocycles. The molecule has 2 heterocycles. The van der Waals surface area contributed by atoms with Crippen molar-refractivity contribution in [2.75, 3.05) is 5.75 Å². The van der Waals surface area contributed by atoms with Crippen LogP contribution in [0.4, 0.5) is 9.18 Å². The van der Waals surface area contributed by atoms with E-state index in [0.717, 1.165) is 17.3 Å². The number of hydrogen-bond donors (Lipinski definition) is 2. The van der Waals surface area contributed by atoms with Crippen molar-refractivity contribution in [3.63, 3.8) is 0 Å². The van der Waals surface area contributed by atoms with Gasteiger partial charge in [0.25, 0.3) is 5.91 Å². The molecule has 0 unspecified atom stereocenters. The van der Waals surface area contributed by atoms with Gasteiger partial charge in [-0.15, -0.1) is 10.2 Å². The number of benzene rings is 2. The number of rotatable bonds is 8. The van der Waals surface area contributed by atoms with Gasteiger partial charge in [0.05, 0.1) is 11.4 Å². The molecule has 0 bridgehead atoms. The van der Waals surface area contributed by atoms with Gasteiger partial charge in [-0.3, -0.25) is 19.6 Å². The highest BCUT2D eigenvalue weighted by molar-refractivity contribution is 7.99. The molecule has 1 saturated heterocycles. The van der Waals surface area contributed by atoms with Crippen molar-refractivity contribution in [2.24, 2.45) is 0 Å². The molecule has 1 aliphatic heterocycles. The Morgan fingerprint density at radius 1 is 1.15 bits per heavy atom. The summed E-state index contributed by atoms with van der Waals surface area (Å²) < 4.78 is 15.5. The van der Waals surface area contributed by atoms with Crippen LogP contribution >= 0.6 is 11.8 Å². The minimum Gasteiger partial charge on any atom is -0.322 e. The molecule has 33 heavy (non-hydrogen) atoms. The van der Waals surface area contributed by atoms with Crippen LogP contribution in [0.2, 0.25) is 0 Å². The van der Waals surface area contributed by atoms with E-state index in [4.69, 9.17) is 0 Å². The number of carbonyl (C=O) groups is 3. The monoisotopic (exact) mass is 468 g/mol. The highest BCUT2D eigenvalue weighted by Gasteiger charge is 2.48. The second-order valence-electron chi connectivity index (χ2n) is 7.65. The number of hydrazine groups is 1. The maximum atomic E-state index is 14.1. The van der Waals surface area contributed by atoms with Gasteiger partial charge in [0.15, 0.2) is 5.16 Å². The molecule has 2 aromatic carbocycles. The Morgan fingerprint density at radius 2 is 1.88 bits per heavy atom. The summed E-state index contributed by atoms with van der Waals surface area (Å²) in [7, 11) is 0. The Balaban J connectivity index is 1.35. The Kier molecular flexibility index (Phi) is 6.40. The number of para-hydroxylation sites is 1. The molecular formula is C22H21FN6O3S. The lowest BCUT2D eigenvalue weighted by atomic mass is 9.93. The van der Waals surface area contributed by atoms with Gasteiger partial charge in [-0.2, -0.15) is 5.01 Å². The summed E-state index contributed by atoms with van der Waals surface area (Å²) in [6.45, 7) is 1.63. The van der Waals surface area contributed by atoms with Crippen LogP contribution in [-0.4, -0.2) is 48.9 Å². The summed E-state index contributed by atoms with van der Waals surface area (Å²) in [4.78, 5) is 37.7. The standard InChI is InChI=1S/C22H21FN6O3S/c1-22(12-11-15-7-3-2-4-8-15)19(31)29(20(32)25-22)27-18(30)13-33-21-26-24-14-28(21)17-10-6-5-9-16(17)23/h2-10,14H,11-13H2,1H3,(H,25,32)(H,27,30)/t22-/m0/s1. The Morgan fingerprint density at radius 3 is 2.64 bits per heavy atom. The van der Waals surface area contributed by atoms with E-state index in [1.54, 1.807) is 25.1 Å².